The first-order valence-electron chi connectivity index (χ1n) is 12.0. The van der Waals surface area contributed by atoms with Crippen LogP contribution in [0.2, 0.25) is 0 Å². The third-order valence-corrected chi connectivity index (χ3v) is 8.84. The van der Waals surface area contributed by atoms with Crippen molar-refractivity contribution in [3.63, 3.8) is 0 Å². The summed E-state index contributed by atoms with van der Waals surface area (Å²) in [5, 5.41) is 0.240. The van der Waals surface area contributed by atoms with Crippen molar-refractivity contribution in [2.75, 3.05) is 12.9 Å². The molecule has 3 aromatic rings. The summed E-state index contributed by atoms with van der Waals surface area (Å²) in [5.41, 5.74) is 3.01. The fourth-order valence-electron chi connectivity index (χ4n) is 4.16. The number of aromatic nitrogens is 2. The lowest BCUT2D eigenvalue weighted by molar-refractivity contribution is -0.201. The average Bonchev–Trinajstić information content (AvgIpc) is 2.90. The average molecular weight is 546 g/mol. The number of nitrogens with one attached hydrogen (secondary N) is 1. The topological polar surface area (TPSA) is 134 Å². The van der Waals surface area contributed by atoms with Gasteiger partial charge in [-0.25, -0.2) is 28.1 Å². The summed E-state index contributed by atoms with van der Waals surface area (Å²) in [6, 6.07) is 8.71. The molecule has 2 aromatic carbocycles. The number of amides is 1. The van der Waals surface area contributed by atoms with Crippen molar-refractivity contribution in [1.29, 1.82) is 0 Å². The molecule has 2 atom stereocenters. The number of aldehydes is 1. The molecule has 1 saturated heterocycles. The molecule has 0 radical (unpaired) electrons. The van der Waals surface area contributed by atoms with Gasteiger partial charge in [-0.1, -0.05) is 18.2 Å². The van der Waals surface area contributed by atoms with Crippen LogP contribution in [0.15, 0.2) is 47.5 Å². The summed E-state index contributed by atoms with van der Waals surface area (Å²) in [6.45, 7) is 1.66. The lowest BCUT2D eigenvalue weighted by Crippen LogP contribution is -2.51. The lowest BCUT2D eigenvalue weighted by atomic mass is 10.0. The van der Waals surface area contributed by atoms with Crippen LogP contribution in [0.1, 0.15) is 43.0 Å². The van der Waals surface area contributed by atoms with Gasteiger partial charge in [-0.15, -0.1) is 0 Å². The number of carbonyl (C=O) groups is 2. The van der Waals surface area contributed by atoms with E-state index < -0.39 is 38.2 Å². The molecular formula is C26H28FN3O7S. The molecule has 0 aliphatic carbocycles. The summed E-state index contributed by atoms with van der Waals surface area (Å²) in [5.74, 6) is -1.44. The maximum absolute atomic E-state index is 14.5. The van der Waals surface area contributed by atoms with Crippen LogP contribution in [-0.2, 0) is 30.8 Å². The predicted octanol–water partition coefficient (Wildman–Crippen LogP) is 2.78. The van der Waals surface area contributed by atoms with Gasteiger partial charge in [0.15, 0.2) is 20.9 Å². The fraction of sp³-hybridized carbons (Fsp3) is 0.385. The van der Waals surface area contributed by atoms with E-state index in [9.17, 15) is 27.2 Å². The van der Waals surface area contributed by atoms with Gasteiger partial charge in [0, 0.05) is 37.0 Å². The molecular weight excluding hydrogens is 517 g/mol. The number of sulfone groups is 1. The number of halogens is 1. The number of carbonyl (C=O) groups excluding carboxylic acids is 2. The zero-order chi connectivity index (χ0) is 27.5. The van der Waals surface area contributed by atoms with E-state index in [1.54, 1.807) is 12.1 Å². The quantitative estimate of drug-likeness (QED) is 0.321. The highest BCUT2D eigenvalue weighted by Crippen LogP contribution is 2.26. The Bertz CT molecular complexity index is 1530. The highest BCUT2D eigenvalue weighted by Gasteiger charge is 2.44. The Hall–Kier alpha value is -3.48. The molecule has 2 heterocycles. The Morgan fingerprint density at radius 1 is 1.29 bits per heavy atom. The summed E-state index contributed by atoms with van der Waals surface area (Å²) in [7, 11) is -3.91. The van der Waals surface area contributed by atoms with Crippen molar-refractivity contribution < 1.29 is 32.0 Å². The molecule has 202 valence electrons. The molecule has 1 aliphatic heterocycles. The first-order valence-corrected chi connectivity index (χ1v) is 13.9. The van der Waals surface area contributed by atoms with Crippen molar-refractivity contribution in [2.45, 2.75) is 50.2 Å². The van der Waals surface area contributed by atoms with Crippen molar-refractivity contribution in [2.24, 2.45) is 0 Å². The zero-order valence-electron chi connectivity index (χ0n) is 21.0. The Morgan fingerprint density at radius 2 is 2.08 bits per heavy atom. The standard InChI is InChI=1S/C26H28FN3O7S/c1-26(38(2,34)35,25(33)29-37-23-5-3-4-12-36-23)10-11-30-16-28-22-14-18(7-9-20(22)24(30)32)19-8-6-17(15-31)13-21(19)27/h6-9,13-16,23H,3-5,10-12H2,1-2H3,(H,29,33)/t23?,26-/m1/s1. The van der Waals surface area contributed by atoms with Crippen LogP contribution in [0, 0.1) is 5.82 Å². The van der Waals surface area contributed by atoms with Crippen molar-refractivity contribution in [3.8, 4) is 11.1 Å². The molecule has 0 bridgehead atoms. The van der Waals surface area contributed by atoms with Crippen molar-refractivity contribution >= 4 is 32.9 Å². The van der Waals surface area contributed by atoms with E-state index in [-0.39, 0.29) is 29.5 Å². The monoisotopic (exact) mass is 545 g/mol. The molecule has 10 nitrogen and oxygen atoms in total. The van der Waals surface area contributed by atoms with E-state index >= 15 is 0 Å². The van der Waals surface area contributed by atoms with Gasteiger partial charge >= 0.3 is 0 Å². The third-order valence-electron chi connectivity index (χ3n) is 6.81. The highest BCUT2D eigenvalue weighted by molar-refractivity contribution is 7.92. The van der Waals surface area contributed by atoms with Gasteiger partial charge in [0.25, 0.3) is 11.5 Å². The smallest absolute Gasteiger partial charge is 0.264 e. The molecule has 0 spiro atoms. The number of hydrogen-bond donors (Lipinski definition) is 1. The molecule has 1 fully saturated rings. The van der Waals surface area contributed by atoms with Crippen LogP contribution in [0.3, 0.4) is 0 Å². The maximum atomic E-state index is 14.5. The van der Waals surface area contributed by atoms with Crippen LogP contribution in [-0.4, -0.2) is 54.1 Å². The molecule has 0 saturated carbocycles. The number of nitrogens with zero attached hydrogens (tertiary/aromatic N) is 2. The number of aryl methyl sites for hydroxylation is 1. The molecule has 1 aromatic heterocycles. The first-order chi connectivity index (χ1) is 18.0. The normalized spacial score (nSPS) is 17.6. The summed E-state index contributed by atoms with van der Waals surface area (Å²) >= 11 is 0. The molecule has 38 heavy (non-hydrogen) atoms. The Balaban J connectivity index is 1.54. The van der Waals surface area contributed by atoms with Crippen molar-refractivity contribution in [3.05, 3.63) is 64.5 Å². The van der Waals surface area contributed by atoms with E-state index in [0.717, 1.165) is 25.2 Å². The van der Waals surface area contributed by atoms with Crippen LogP contribution < -0.4 is 11.0 Å². The van der Waals surface area contributed by atoms with Gasteiger partial charge in [-0.05, 0) is 49.9 Å². The molecule has 12 heteroatoms. The summed E-state index contributed by atoms with van der Waals surface area (Å²) in [6.07, 6.45) is 4.22. The van der Waals surface area contributed by atoms with Crippen molar-refractivity contribution in [1.82, 2.24) is 15.0 Å². The zero-order valence-corrected chi connectivity index (χ0v) is 21.8. The Labute approximate surface area is 218 Å². The van der Waals surface area contributed by atoms with E-state index in [4.69, 9.17) is 9.57 Å². The second-order valence-corrected chi connectivity index (χ2v) is 11.9. The van der Waals surface area contributed by atoms with Gasteiger partial charge < -0.3 is 4.74 Å². The predicted molar refractivity (Wildman–Crippen MR) is 137 cm³/mol. The second-order valence-electron chi connectivity index (χ2n) is 9.43. The van der Waals surface area contributed by atoms with E-state index in [0.29, 0.717) is 30.4 Å². The minimum Gasteiger partial charge on any atom is -0.350 e. The molecule has 1 amide bonds. The van der Waals surface area contributed by atoms with E-state index in [1.165, 1.54) is 36.0 Å². The van der Waals surface area contributed by atoms with Gasteiger partial charge in [0.2, 0.25) is 0 Å². The number of rotatable bonds is 9. The SMILES string of the molecule is C[C@@](CCn1cnc2cc(-c3ccc(C=O)cc3F)ccc2c1=O)(C(=O)NOC1CCCCO1)S(C)(=O)=O. The minimum atomic E-state index is -3.91. The Kier molecular flexibility index (Phi) is 8.05. The molecule has 1 aliphatic rings. The molecule has 1 N–H and O–H groups in total. The number of fused-ring (bicyclic) bond motifs is 1. The third kappa shape index (κ3) is 5.66. The summed E-state index contributed by atoms with van der Waals surface area (Å²) < 4.78 is 44.4. The minimum absolute atomic E-state index is 0.109. The molecule has 1 unspecified atom stereocenters. The highest BCUT2D eigenvalue weighted by atomic mass is 32.2. The van der Waals surface area contributed by atoms with Gasteiger partial charge in [0.1, 0.15) is 12.1 Å². The number of ether oxygens (including phenoxy) is 1. The number of hydroxylamine groups is 1. The first kappa shape index (κ1) is 27.6. The van der Waals surface area contributed by atoms with Gasteiger partial charge in [-0.2, -0.15) is 0 Å². The number of benzene rings is 2. The van der Waals surface area contributed by atoms with E-state index in [1.807, 2.05) is 0 Å². The van der Waals surface area contributed by atoms with Crippen LogP contribution in [0.25, 0.3) is 22.0 Å². The number of hydrogen-bond acceptors (Lipinski definition) is 8. The second kappa shape index (κ2) is 11.1. The van der Waals surface area contributed by atoms with Crippen LogP contribution >= 0.6 is 0 Å². The largest absolute Gasteiger partial charge is 0.350 e. The summed E-state index contributed by atoms with van der Waals surface area (Å²) in [4.78, 5) is 46.4. The van der Waals surface area contributed by atoms with Crippen LogP contribution in [0.5, 0.6) is 0 Å². The Morgan fingerprint density at radius 3 is 2.74 bits per heavy atom. The molecule has 4 rings (SSSR count). The van der Waals surface area contributed by atoms with Crippen LogP contribution in [0.4, 0.5) is 4.39 Å². The van der Waals surface area contributed by atoms with Gasteiger partial charge in [-0.3, -0.25) is 19.0 Å². The fourth-order valence-corrected chi connectivity index (χ4v) is 5.00. The lowest BCUT2D eigenvalue weighted by Gasteiger charge is -2.28. The van der Waals surface area contributed by atoms with E-state index in [2.05, 4.69) is 10.5 Å². The van der Waals surface area contributed by atoms with Gasteiger partial charge in [0.05, 0.1) is 17.2 Å². The maximum Gasteiger partial charge on any atom is 0.264 e.